The molecule has 1 aliphatic heterocycles. The summed E-state index contributed by atoms with van der Waals surface area (Å²) in [6, 6.07) is 45.6. The van der Waals surface area contributed by atoms with Crippen LogP contribution >= 0.6 is 0 Å². The minimum atomic E-state index is -0.282. The van der Waals surface area contributed by atoms with E-state index in [0.717, 1.165) is 33.6 Å². The van der Waals surface area contributed by atoms with Gasteiger partial charge < -0.3 is 14.3 Å². The zero-order valence-electron chi connectivity index (χ0n) is 23.5. The van der Waals surface area contributed by atoms with Crippen LogP contribution in [0, 0.1) is 0 Å². The van der Waals surface area contributed by atoms with Crippen LogP contribution in [0.15, 0.2) is 127 Å². The first-order chi connectivity index (χ1) is 20.6. The summed E-state index contributed by atoms with van der Waals surface area (Å²) in [6.45, 7) is 4.69. The molecule has 42 heavy (non-hydrogen) atoms. The van der Waals surface area contributed by atoms with Gasteiger partial charge in [0.1, 0.15) is 11.5 Å². The number of hydrogen-bond donors (Lipinski definition) is 1. The van der Waals surface area contributed by atoms with Gasteiger partial charge in [0.15, 0.2) is 0 Å². The molecule has 6 aromatic carbocycles. The van der Waals surface area contributed by atoms with Gasteiger partial charge in [-0.3, -0.25) is 0 Å². The van der Waals surface area contributed by atoms with Crippen LogP contribution < -0.4 is 4.74 Å². The molecule has 0 spiro atoms. The number of rotatable bonds is 2. The molecule has 0 unspecified atom stereocenters. The Hall–Kier alpha value is -5.28. The van der Waals surface area contributed by atoms with Gasteiger partial charge in [0.05, 0.1) is 21.9 Å². The first-order valence-electron chi connectivity index (χ1n) is 14.5. The van der Waals surface area contributed by atoms with Crippen LogP contribution in [0.25, 0.3) is 60.4 Å². The number of H-pyrrole nitrogens is 1. The highest BCUT2D eigenvalue weighted by atomic mass is 16.5. The maximum atomic E-state index is 6.91. The van der Waals surface area contributed by atoms with Crippen LogP contribution in [0.5, 0.6) is 11.5 Å². The van der Waals surface area contributed by atoms with Crippen molar-refractivity contribution in [3.8, 4) is 28.3 Å². The highest BCUT2D eigenvalue weighted by molar-refractivity contribution is 6.14. The molecular formula is C39H28N2O. The predicted octanol–water partition coefficient (Wildman–Crippen LogP) is 10.5. The lowest BCUT2D eigenvalue weighted by atomic mass is 9.73. The zero-order chi connectivity index (χ0) is 28.0. The second-order valence-corrected chi connectivity index (χ2v) is 11.9. The Labute approximate surface area is 243 Å². The number of aromatic nitrogens is 2. The molecule has 8 aromatic rings. The van der Waals surface area contributed by atoms with E-state index in [-0.39, 0.29) is 5.41 Å². The van der Waals surface area contributed by atoms with Crippen molar-refractivity contribution >= 4 is 43.6 Å². The first-order valence-corrected chi connectivity index (χ1v) is 14.5. The van der Waals surface area contributed by atoms with E-state index < -0.39 is 0 Å². The number of nitrogens with zero attached hydrogens (tertiary/aromatic N) is 1. The van der Waals surface area contributed by atoms with Gasteiger partial charge in [0.25, 0.3) is 0 Å². The second-order valence-electron chi connectivity index (χ2n) is 11.9. The van der Waals surface area contributed by atoms with Gasteiger partial charge in [0, 0.05) is 43.9 Å². The number of ether oxygens (including phenoxy) is 1. The number of benzene rings is 6. The lowest BCUT2D eigenvalue weighted by molar-refractivity contribution is 0.426. The van der Waals surface area contributed by atoms with Crippen molar-refractivity contribution in [1.29, 1.82) is 0 Å². The van der Waals surface area contributed by atoms with Crippen LogP contribution in [0.1, 0.15) is 25.0 Å². The number of aromatic amines is 1. The summed E-state index contributed by atoms with van der Waals surface area (Å²) >= 11 is 0. The van der Waals surface area contributed by atoms with Crippen LogP contribution in [0.2, 0.25) is 0 Å². The molecule has 3 heteroatoms. The molecule has 0 aliphatic carbocycles. The van der Waals surface area contributed by atoms with Crippen LogP contribution in [-0.2, 0) is 5.41 Å². The SMILES string of the molecule is CC1(C)c2ccc3[nH]c4ccccc4c3c2Oc2ccc3c(c21)c1ccccc1n3-c1cccc(-c2ccccc2)c1. The van der Waals surface area contributed by atoms with Crippen molar-refractivity contribution < 1.29 is 4.74 Å². The number of hydrogen-bond acceptors (Lipinski definition) is 1. The third-order valence-electron chi connectivity index (χ3n) is 9.15. The van der Waals surface area contributed by atoms with Gasteiger partial charge >= 0.3 is 0 Å². The lowest BCUT2D eigenvalue weighted by Crippen LogP contribution is -2.24. The molecule has 9 rings (SSSR count). The fourth-order valence-corrected chi connectivity index (χ4v) is 7.23. The monoisotopic (exact) mass is 540 g/mol. The number of fused-ring (bicyclic) bond motifs is 10. The van der Waals surface area contributed by atoms with E-state index in [1.807, 2.05) is 0 Å². The van der Waals surface area contributed by atoms with E-state index in [1.165, 1.54) is 49.4 Å². The Morgan fingerprint density at radius 3 is 2.24 bits per heavy atom. The highest BCUT2D eigenvalue weighted by Crippen LogP contribution is 2.55. The first kappa shape index (κ1) is 23.4. The van der Waals surface area contributed by atoms with Gasteiger partial charge in [-0.05, 0) is 53.6 Å². The zero-order valence-corrected chi connectivity index (χ0v) is 23.5. The molecule has 1 N–H and O–H groups in total. The van der Waals surface area contributed by atoms with E-state index in [1.54, 1.807) is 0 Å². The summed E-state index contributed by atoms with van der Waals surface area (Å²) in [6.07, 6.45) is 0. The van der Waals surface area contributed by atoms with Gasteiger partial charge in [-0.15, -0.1) is 0 Å². The molecule has 1 aliphatic rings. The molecule has 2 aromatic heterocycles. The van der Waals surface area contributed by atoms with Gasteiger partial charge in [-0.25, -0.2) is 0 Å². The Morgan fingerprint density at radius 1 is 0.595 bits per heavy atom. The lowest BCUT2D eigenvalue weighted by Gasteiger charge is -2.35. The Kier molecular flexibility index (Phi) is 4.67. The Bertz CT molecular complexity index is 2350. The molecule has 200 valence electrons. The van der Waals surface area contributed by atoms with Crippen molar-refractivity contribution in [3.05, 3.63) is 139 Å². The molecule has 0 fully saturated rings. The summed E-state index contributed by atoms with van der Waals surface area (Å²) in [5.74, 6) is 1.89. The van der Waals surface area contributed by atoms with Crippen molar-refractivity contribution in [2.75, 3.05) is 0 Å². The van der Waals surface area contributed by atoms with E-state index in [9.17, 15) is 0 Å². The quantitative estimate of drug-likeness (QED) is 0.232. The molecule has 3 nitrogen and oxygen atoms in total. The summed E-state index contributed by atoms with van der Waals surface area (Å²) in [7, 11) is 0. The van der Waals surface area contributed by atoms with Crippen molar-refractivity contribution in [3.63, 3.8) is 0 Å². The van der Waals surface area contributed by atoms with Crippen LogP contribution in [0.3, 0.4) is 0 Å². The molecule has 3 heterocycles. The van der Waals surface area contributed by atoms with Crippen molar-refractivity contribution in [1.82, 2.24) is 9.55 Å². The molecular weight excluding hydrogens is 512 g/mol. The van der Waals surface area contributed by atoms with Gasteiger partial charge in [0.2, 0.25) is 0 Å². The molecule has 0 saturated heterocycles. The normalized spacial score (nSPS) is 13.9. The average molecular weight is 541 g/mol. The molecule has 0 atom stereocenters. The standard InChI is InChI=1S/C39H28N2O/c1-39(2)29-19-20-31-35(27-15-6-8-17-30(27)40-31)38(29)42-34-22-21-33-36(37(34)39)28-16-7-9-18-32(28)41(33)26-14-10-13-25(23-26)24-11-4-3-5-12-24/h3-23,40H,1-2H3. The molecule has 0 radical (unpaired) electrons. The van der Waals surface area contributed by atoms with E-state index >= 15 is 0 Å². The minimum Gasteiger partial charge on any atom is -0.456 e. The Morgan fingerprint density at radius 2 is 1.36 bits per heavy atom. The van der Waals surface area contributed by atoms with E-state index in [0.29, 0.717) is 0 Å². The predicted molar refractivity (Wildman–Crippen MR) is 174 cm³/mol. The number of nitrogens with one attached hydrogen (secondary N) is 1. The summed E-state index contributed by atoms with van der Waals surface area (Å²) in [4.78, 5) is 3.59. The largest absolute Gasteiger partial charge is 0.456 e. The summed E-state index contributed by atoms with van der Waals surface area (Å²) in [5, 5.41) is 4.84. The second kappa shape index (κ2) is 8.37. The number of para-hydroxylation sites is 2. The maximum Gasteiger partial charge on any atom is 0.141 e. The van der Waals surface area contributed by atoms with Crippen LogP contribution in [0.4, 0.5) is 0 Å². The fourth-order valence-electron chi connectivity index (χ4n) is 7.23. The summed E-state index contributed by atoms with van der Waals surface area (Å²) < 4.78 is 9.32. The fraction of sp³-hybridized carbons (Fsp3) is 0.0769. The van der Waals surface area contributed by atoms with Gasteiger partial charge in [-0.2, -0.15) is 0 Å². The molecule has 0 saturated carbocycles. The van der Waals surface area contributed by atoms with Crippen LogP contribution in [-0.4, -0.2) is 9.55 Å². The maximum absolute atomic E-state index is 6.91. The molecule has 0 amide bonds. The average Bonchev–Trinajstić information content (AvgIpc) is 3.57. The van der Waals surface area contributed by atoms with Crippen molar-refractivity contribution in [2.45, 2.75) is 19.3 Å². The van der Waals surface area contributed by atoms with Crippen molar-refractivity contribution in [2.24, 2.45) is 0 Å². The smallest absolute Gasteiger partial charge is 0.141 e. The minimum absolute atomic E-state index is 0.282. The third-order valence-corrected chi connectivity index (χ3v) is 9.15. The third kappa shape index (κ3) is 3.11. The summed E-state index contributed by atoms with van der Waals surface area (Å²) in [5.41, 5.74) is 10.4. The van der Waals surface area contributed by atoms with Gasteiger partial charge in [-0.1, -0.05) is 98.8 Å². The van der Waals surface area contributed by atoms with E-state index in [4.69, 9.17) is 4.74 Å². The van der Waals surface area contributed by atoms with E-state index in [2.05, 4.69) is 151 Å². The Balaban J connectivity index is 1.32. The topological polar surface area (TPSA) is 29.9 Å². The molecule has 0 bridgehead atoms. The highest BCUT2D eigenvalue weighted by Gasteiger charge is 2.38.